The zero-order valence-electron chi connectivity index (χ0n) is 17.6. The molecule has 2 aromatic heterocycles. The summed E-state index contributed by atoms with van der Waals surface area (Å²) >= 11 is 0. The van der Waals surface area contributed by atoms with Crippen LogP contribution >= 0.6 is 0 Å². The second kappa shape index (κ2) is 8.24. The first-order valence-electron chi connectivity index (χ1n) is 11.4. The number of aromatic nitrogens is 2. The van der Waals surface area contributed by atoms with Gasteiger partial charge in [-0.25, -0.2) is 4.98 Å². The summed E-state index contributed by atoms with van der Waals surface area (Å²) in [4.78, 5) is 7.67. The second-order valence-corrected chi connectivity index (χ2v) is 9.04. The summed E-state index contributed by atoms with van der Waals surface area (Å²) in [6, 6.07) is 19.6. The Kier molecular flexibility index (Phi) is 5.31. The zero-order valence-corrected chi connectivity index (χ0v) is 17.6. The Labute approximate surface area is 179 Å². The number of nitrogens with zero attached hydrogens (tertiary/aromatic N) is 4. The van der Waals surface area contributed by atoms with Crippen molar-refractivity contribution in [3.8, 4) is 6.07 Å². The summed E-state index contributed by atoms with van der Waals surface area (Å²) < 4.78 is 2.32. The first kappa shape index (κ1) is 19.3. The molecule has 3 aromatic rings. The minimum absolute atomic E-state index is 0.336. The van der Waals surface area contributed by atoms with E-state index in [9.17, 15) is 5.26 Å². The number of rotatable bonds is 5. The number of likely N-dealkylation sites (tertiary alicyclic amines) is 1. The standard InChI is InChI=1S/C26H30N4/c27-20-26(23-6-2-1-3-7-23)13-10-21(11-14-26)24-9-8-22-12-17-30(25(22)28-24)19-18-29-15-4-5-16-29/h1-3,6-9,12,17,21H,4-5,10-11,13-16,18-19H2. The van der Waals surface area contributed by atoms with Crippen molar-refractivity contribution < 1.29 is 0 Å². The molecule has 3 heterocycles. The molecule has 1 aliphatic carbocycles. The van der Waals surface area contributed by atoms with E-state index < -0.39 is 0 Å². The van der Waals surface area contributed by atoms with Gasteiger partial charge in [0.15, 0.2) is 0 Å². The minimum atomic E-state index is -0.336. The fourth-order valence-electron chi connectivity index (χ4n) is 5.37. The molecule has 0 amide bonds. The van der Waals surface area contributed by atoms with Crippen LogP contribution in [0.1, 0.15) is 55.7 Å². The van der Waals surface area contributed by atoms with Crippen LogP contribution in [0.4, 0.5) is 0 Å². The fourth-order valence-corrected chi connectivity index (χ4v) is 5.37. The summed E-state index contributed by atoms with van der Waals surface area (Å²) in [7, 11) is 0. The molecule has 4 nitrogen and oxygen atoms in total. The van der Waals surface area contributed by atoms with Gasteiger partial charge >= 0.3 is 0 Å². The highest BCUT2D eigenvalue weighted by Gasteiger charge is 2.37. The van der Waals surface area contributed by atoms with Gasteiger partial charge in [0.05, 0.1) is 11.5 Å². The first-order valence-corrected chi connectivity index (χ1v) is 11.4. The lowest BCUT2D eigenvalue weighted by Crippen LogP contribution is -2.30. The van der Waals surface area contributed by atoms with Gasteiger partial charge in [0, 0.05) is 36.3 Å². The number of benzene rings is 1. The maximum atomic E-state index is 9.98. The van der Waals surface area contributed by atoms with E-state index in [1.54, 1.807) is 0 Å². The van der Waals surface area contributed by atoms with Crippen LogP contribution in [-0.4, -0.2) is 34.1 Å². The van der Waals surface area contributed by atoms with Crippen LogP contribution in [0.2, 0.25) is 0 Å². The molecule has 154 valence electrons. The van der Waals surface area contributed by atoms with E-state index in [-0.39, 0.29) is 5.41 Å². The van der Waals surface area contributed by atoms with Crippen molar-refractivity contribution in [3.05, 3.63) is 66.0 Å². The molecule has 1 aromatic carbocycles. The van der Waals surface area contributed by atoms with E-state index in [4.69, 9.17) is 4.98 Å². The highest BCUT2D eigenvalue weighted by atomic mass is 15.2. The Hall–Kier alpha value is -2.64. The Morgan fingerprint density at radius 1 is 0.967 bits per heavy atom. The molecule has 1 saturated heterocycles. The summed E-state index contributed by atoms with van der Waals surface area (Å²) in [5, 5.41) is 11.2. The number of hydrogen-bond acceptors (Lipinski definition) is 3. The van der Waals surface area contributed by atoms with Gasteiger partial charge < -0.3 is 9.47 Å². The predicted octanol–water partition coefficient (Wildman–Crippen LogP) is 5.25. The molecule has 0 unspecified atom stereocenters. The molecule has 2 fully saturated rings. The molecule has 0 radical (unpaired) electrons. The van der Waals surface area contributed by atoms with Crippen molar-refractivity contribution in [2.24, 2.45) is 0 Å². The molecule has 2 aliphatic rings. The van der Waals surface area contributed by atoms with Crippen LogP contribution in [0, 0.1) is 11.3 Å². The molecule has 0 atom stereocenters. The normalized spacial score (nSPS) is 24.8. The second-order valence-electron chi connectivity index (χ2n) is 9.04. The summed E-state index contributed by atoms with van der Waals surface area (Å²) in [5.41, 5.74) is 3.15. The first-order chi connectivity index (χ1) is 14.8. The van der Waals surface area contributed by atoms with E-state index in [0.717, 1.165) is 44.4 Å². The van der Waals surface area contributed by atoms with Gasteiger partial charge in [-0.1, -0.05) is 30.3 Å². The molecular formula is C26H30N4. The summed E-state index contributed by atoms with van der Waals surface area (Å²) in [6.07, 6.45) is 8.73. The molecular weight excluding hydrogens is 368 g/mol. The van der Waals surface area contributed by atoms with E-state index in [0.29, 0.717) is 5.92 Å². The third-order valence-corrected chi connectivity index (χ3v) is 7.29. The maximum absolute atomic E-state index is 9.98. The van der Waals surface area contributed by atoms with E-state index >= 15 is 0 Å². The van der Waals surface area contributed by atoms with Crippen LogP contribution in [0.5, 0.6) is 0 Å². The third-order valence-electron chi connectivity index (χ3n) is 7.29. The molecule has 30 heavy (non-hydrogen) atoms. The maximum Gasteiger partial charge on any atom is 0.140 e. The largest absolute Gasteiger partial charge is 0.331 e. The number of fused-ring (bicyclic) bond motifs is 1. The smallest absolute Gasteiger partial charge is 0.140 e. The van der Waals surface area contributed by atoms with Gasteiger partial charge in [0.1, 0.15) is 5.65 Å². The lowest BCUT2D eigenvalue weighted by atomic mass is 9.67. The molecule has 5 rings (SSSR count). The molecule has 1 saturated carbocycles. The quantitative estimate of drug-likeness (QED) is 0.589. The third kappa shape index (κ3) is 3.63. The van der Waals surface area contributed by atoms with Crippen LogP contribution in [0.15, 0.2) is 54.7 Å². The van der Waals surface area contributed by atoms with Crippen LogP contribution in [-0.2, 0) is 12.0 Å². The van der Waals surface area contributed by atoms with Crippen molar-refractivity contribution in [1.29, 1.82) is 5.26 Å². The minimum Gasteiger partial charge on any atom is -0.331 e. The lowest BCUT2D eigenvalue weighted by molar-refractivity contribution is 0.323. The van der Waals surface area contributed by atoms with Crippen LogP contribution in [0.3, 0.4) is 0 Å². The van der Waals surface area contributed by atoms with Crippen molar-refractivity contribution >= 4 is 11.0 Å². The molecule has 1 aliphatic heterocycles. The fraction of sp³-hybridized carbons (Fsp3) is 0.462. The van der Waals surface area contributed by atoms with Gasteiger partial charge in [-0.2, -0.15) is 5.26 Å². The van der Waals surface area contributed by atoms with Crippen LogP contribution in [0.25, 0.3) is 11.0 Å². The number of pyridine rings is 1. The SMILES string of the molecule is N#CC1(c2ccccc2)CCC(c2ccc3ccn(CCN4CCCC4)c3n2)CC1. The van der Waals surface area contributed by atoms with Crippen molar-refractivity contribution in [2.45, 2.75) is 56.4 Å². The molecule has 0 bridgehead atoms. The zero-order chi connectivity index (χ0) is 20.4. The van der Waals surface area contributed by atoms with Crippen molar-refractivity contribution in [2.75, 3.05) is 19.6 Å². The summed E-state index contributed by atoms with van der Waals surface area (Å²) in [6.45, 7) is 4.60. The van der Waals surface area contributed by atoms with E-state index in [2.05, 4.69) is 52.1 Å². The topological polar surface area (TPSA) is 44.9 Å². The molecule has 0 spiro atoms. The monoisotopic (exact) mass is 398 g/mol. The Morgan fingerprint density at radius 3 is 2.47 bits per heavy atom. The summed E-state index contributed by atoms with van der Waals surface area (Å²) in [5.74, 6) is 0.446. The van der Waals surface area contributed by atoms with Gasteiger partial charge in [-0.05, 0) is 75.4 Å². The Bertz CT molecular complexity index is 1030. The predicted molar refractivity (Wildman–Crippen MR) is 120 cm³/mol. The van der Waals surface area contributed by atoms with E-state index in [1.807, 2.05) is 18.2 Å². The van der Waals surface area contributed by atoms with Gasteiger partial charge in [-0.15, -0.1) is 0 Å². The Balaban J connectivity index is 1.32. The van der Waals surface area contributed by atoms with Crippen molar-refractivity contribution in [1.82, 2.24) is 14.5 Å². The van der Waals surface area contributed by atoms with E-state index in [1.165, 1.54) is 42.6 Å². The number of hydrogen-bond donors (Lipinski definition) is 0. The number of nitriles is 1. The van der Waals surface area contributed by atoms with Gasteiger partial charge in [-0.3, -0.25) is 0 Å². The Morgan fingerprint density at radius 2 is 1.73 bits per heavy atom. The average molecular weight is 399 g/mol. The molecule has 0 N–H and O–H groups in total. The van der Waals surface area contributed by atoms with Crippen molar-refractivity contribution in [3.63, 3.8) is 0 Å². The van der Waals surface area contributed by atoms with Gasteiger partial charge in [0.2, 0.25) is 0 Å². The van der Waals surface area contributed by atoms with Gasteiger partial charge in [0.25, 0.3) is 0 Å². The lowest BCUT2D eigenvalue weighted by Gasteiger charge is -2.35. The van der Waals surface area contributed by atoms with Crippen LogP contribution < -0.4 is 0 Å². The average Bonchev–Trinajstić information content (AvgIpc) is 3.48. The highest BCUT2D eigenvalue weighted by molar-refractivity contribution is 5.76. The highest BCUT2D eigenvalue weighted by Crippen LogP contribution is 2.44. The molecule has 4 heteroatoms.